The molecule has 2 heterocycles. The first-order chi connectivity index (χ1) is 11.5. The van der Waals surface area contributed by atoms with Crippen molar-refractivity contribution in [2.24, 2.45) is 0 Å². The molecule has 0 aliphatic carbocycles. The molecule has 7 heteroatoms. The van der Waals surface area contributed by atoms with Gasteiger partial charge in [0, 0.05) is 40.3 Å². The molecule has 1 aromatic carbocycles. The van der Waals surface area contributed by atoms with Crippen molar-refractivity contribution >= 4 is 17.4 Å². The summed E-state index contributed by atoms with van der Waals surface area (Å²) in [7, 11) is 0. The lowest BCUT2D eigenvalue weighted by Gasteiger charge is -2.18. The van der Waals surface area contributed by atoms with E-state index in [1.807, 2.05) is 0 Å². The van der Waals surface area contributed by atoms with Crippen molar-refractivity contribution in [2.75, 3.05) is 5.73 Å². The third-order valence-electron chi connectivity index (χ3n) is 3.48. The van der Waals surface area contributed by atoms with Gasteiger partial charge in [0.15, 0.2) is 11.6 Å². The van der Waals surface area contributed by atoms with E-state index >= 15 is 0 Å². The van der Waals surface area contributed by atoms with Crippen LogP contribution in [0.25, 0.3) is 11.1 Å². The van der Waals surface area contributed by atoms with Gasteiger partial charge in [0.05, 0.1) is 0 Å². The molecule has 2 aromatic heterocycles. The molecule has 1 atom stereocenters. The van der Waals surface area contributed by atoms with Gasteiger partial charge < -0.3 is 10.5 Å². The number of nitrogens with two attached hydrogens (primary N) is 1. The van der Waals surface area contributed by atoms with Crippen LogP contribution in [0.4, 0.5) is 10.2 Å². The first-order valence-electron chi connectivity index (χ1n) is 7.17. The van der Waals surface area contributed by atoms with Gasteiger partial charge in [0.1, 0.15) is 18.2 Å². The second-order valence-electron chi connectivity index (χ2n) is 5.16. The second-order valence-corrected chi connectivity index (χ2v) is 5.57. The van der Waals surface area contributed by atoms with E-state index in [0.717, 1.165) is 11.1 Å². The molecular formula is C17H14ClFN4O. The second kappa shape index (κ2) is 6.80. The molecule has 5 nitrogen and oxygen atoms in total. The Morgan fingerprint density at radius 1 is 1.12 bits per heavy atom. The van der Waals surface area contributed by atoms with E-state index in [9.17, 15) is 4.39 Å². The number of aromatic nitrogens is 3. The van der Waals surface area contributed by atoms with E-state index in [4.69, 9.17) is 22.1 Å². The lowest BCUT2D eigenvalue weighted by molar-refractivity contribution is 0.227. The van der Waals surface area contributed by atoms with Gasteiger partial charge >= 0.3 is 0 Å². The molecule has 3 aromatic rings. The highest BCUT2D eigenvalue weighted by Gasteiger charge is 2.15. The number of hydrogen-bond donors (Lipinski definition) is 1. The summed E-state index contributed by atoms with van der Waals surface area (Å²) < 4.78 is 19.3. The van der Waals surface area contributed by atoms with E-state index in [-0.39, 0.29) is 11.6 Å². The Kier molecular flexibility index (Phi) is 4.57. The summed E-state index contributed by atoms with van der Waals surface area (Å²) in [4.78, 5) is 12.1. The number of ether oxygens (including phenoxy) is 1. The predicted octanol–water partition coefficient (Wildman–Crippen LogP) is 4.05. The molecule has 0 aliphatic rings. The summed E-state index contributed by atoms with van der Waals surface area (Å²) in [6.45, 7) is 1.76. The molecule has 2 N–H and O–H groups in total. The topological polar surface area (TPSA) is 73.9 Å². The van der Waals surface area contributed by atoms with Gasteiger partial charge in [0.2, 0.25) is 0 Å². The molecule has 0 aliphatic heterocycles. The third-order valence-corrected chi connectivity index (χ3v) is 3.82. The smallest absolute Gasteiger partial charge is 0.166 e. The summed E-state index contributed by atoms with van der Waals surface area (Å²) in [5.74, 6) is 0.227. The van der Waals surface area contributed by atoms with Gasteiger partial charge in [-0.25, -0.2) is 19.3 Å². The van der Waals surface area contributed by atoms with Crippen molar-refractivity contribution in [3.8, 4) is 16.9 Å². The molecule has 0 saturated heterocycles. The number of nitrogen functional groups attached to an aromatic ring is 1. The SMILES string of the molecule is CC(Oc1cc(-c2cncnc2)cnc1N)c1cc(F)ccc1Cl. The largest absolute Gasteiger partial charge is 0.482 e. The molecule has 1 unspecified atom stereocenters. The van der Waals surface area contributed by atoms with Crippen LogP contribution in [-0.4, -0.2) is 15.0 Å². The van der Waals surface area contributed by atoms with Crippen LogP contribution in [0, 0.1) is 5.82 Å². The number of rotatable bonds is 4. The summed E-state index contributed by atoms with van der Waals surface area (Å²) in [6.07, 6.45) is 5.88. The van der Waals surface area contributed by atoms with E-state index < -0.39 is 6.10 Å². The van der Waals surface area contributed by atoms with Crippen molar-refractivity contribution in [1.29, 1.82) is 0 Å². The fraction of sp³-hybridized carbons (Fsp3) is 0.118. The Hall–Kier alpha value is -2.73. The molecule has 3 rings (SSSR count). The maximum atomic E-state index is 13.4. The molecule has 122 valence electrons. The van der Waals surface area contributed by atoms with Crippen molar-refractivity contribution in [1.82, 2.24) is 15.0 Å². The number of halogens is 2. The van der Waals surface area contributed by atoms with Crippen molar-refractivity contribution < 1.29 is 9.13 Å². The maximum Gasteiger partial charge on any atom is 0.166 e. The van der Waals surface area contributed by atoms with Crippen LogP contribution >= 0.6 is 11.6 Å². The Morgan fingerprint density at radius 3 is 2.62 bits per heavy atom. The first-order valence-corrected chi connectivity index (χ1v) is 7.55. The zero-order valence-electron chi connectivity index (χ0n) is 12.8. The molecular weight excluding hydrogens is 331 g/mol. The molecule has 0 saturated carbocycles. The van der Waals surface area contributed by atoms with E-state index in [0.29, 0.717) is 16.3 Å². The number of nitrogens with zero attached hydrogens (tertiary/aromatic N) is 3. The normalized spacial score (nSPS) is 12.0. The van der Waals surface area contributed by atoms with Crippen LogP contribution in [0.2, 0.25) is 5.02 Å². The van der Waals surface area contributed by atoms with Gasteiger partial charge in [-0.2, -0.15) is 0 Å². The lowest BCUT2D eigenvalue weighted by Crippen LogP contribution is -2.07. The van der Waals surface area contributed by atoms with E-state index in [1.54, 1.807) is 31.6 Å². The van der Waals surface area contributed by atoms with Crippen LogP contribution in [0.1, 0.15) is 18.6 Å². The highest BCUT2D eigenvalue weighted by atomic mass is 35.5. The highest BCUT2D eigenvalue weighted by molar-refractivity contribution is 6.31. The standard InChI is InChI=1S/C17H14ClFN4O/c1-10(14-5-13(19)2-3-15(14)18)24-16-4-11(8-23-17(16)20)12-6-21-9-22-7-12/h2-10H,1H3,(H2,20,23). The Bertz CT molecular complexity index is 860. The summed E-state index contributed by atoms with van der Waals surface area (Å²) in [6, 6.07) is 5.87. The van der Waals surface area contributed by atoms with Crippen LogP contribution in [0.15, 0.2) is 49.2 Å². The van der Waals surface area contributed by atoms with Crippen molar-refractivity contribution in [3.63, 3.8) is 0 Å². The zero-order valence-corrected chi connectivity index (χ0v) is 13.5. The van der Waals surface area contributed by atoms with Crippen LogP contribution in [0.5, 0.6) is 5.75 Å². The minimum Gasteiger partial charge on any atom is -0.482 e. The number of benzene rings is 1. The molecule has 0 radical (unpaired) electrons. The molecule has 0 bridgehead atoms. The third kappa shape index (κ3) is 3.44. The van der Waals surface area contributed by atoms with Crippen LogP contribution in [-0.2, 0) is 0 Å². The number of hydrogen-bond acceptors (Lipinski definition) is 5. The highest BCUT2D eigenvalue weighted by Crippen LogP contribution is 2.32. The molecule has 0 spiro atoms. The predicted molar refractivity (Wildman–Crippen MR) is 90.1 cm³/mol. The number of pyridine rings is 1. The van der Waals surface area contributed by atoms with Crippen molar-refractivity contribution in [2.45, 2.75) is 13.0 Å². The average Bonchev–Trinajstić information content (AvgIpc) is 2.59. The van der Waals surface area contributed by atoms with Gasteiger partial charge in [0.25, 0.3) is 0 Å². The van der Waals surface area contributed by atoms with Crippen LogP contribution < -0.4 is 10.5 Å². The Balaban J connectivity index is 1.91. The summed E-state index contributed by atoms with van der Waals surface area (Å²) in [5, 5.41) is 0.419. The minimum atomic E-state index is -0.500. The fourth-order valence-electron chi connectivity index (χ4n) is 2.24. The van der Waals surface area contributed by atoms with Crippen LogP contribution in [0.3, 0.4) is 0 Å². The van der Waals surface area contributed by atoms with Gasteiger partial charge in [-0.05, 0) is 31.2 Å². The van der Waals surface area contributed by atoms with Crippen molar-refractivity contribution in [3.05, 3.63) is 65.6 Å². The monoisotopic (exact) mass is 344 g/mol. The number of anilines is 1. The van der Waals surface area contributed by atoms with Gasteiger partial charge in [-0.1, -0.05) is 11.6 Å². The minimum absolute atomic E-state index is 0.231. The lowest BCUT2D eigenvalue weighted by atomic mass is 10.1. The maximum absolute atomic E-state index is 13.4. The molecule has 24 heavy (non-hydrogen) atoms. The van der Waals surface area contributed by atoms with Gasteiger partial charge in [-0.3, -0.25) is 0 Å². The summed E-state index contributed by atoms with van der Waals surface area (Å²) >= 11 is 6.11. The Labute approximate surface area is 143 Å². The average molecular weight is 345 g/mol. The van der Waals surface area contributed by atoms with E-state index in [1.165, 1.54) is 24.5 Å². The van der Waals surface area contributed by atoms with E-state index in [2.05, 4.69) is 15.0 Å². The summed E-state index contributed by atoms with van der Waals surface area (Å²) in [5.41, 5.74) is 7.96. The molecule has 0 fully saturated rings. The molecule has 0 amide bonds. The Morgan fingerprint density at radius 2 is 1.88 bits per heavy atom. The fourth-order valence-corrected chi connectivity index (χ4v) is 2.51. The zero-order chi connectivity index (χ0) is 17.1. The van der Waals surface area contributed by atoms with Gasteiger partial charge in [-0.15, -0.1) is 0 Å². The quantitative estimate of drug-likeness (QED) is 0.772. The first kappa shape index (κ1) is 16.1.